The van der Waals surface area contributed by atoms with Gasteiger partial charge in [0.2, 0.25) is 0 Å². The number of ketones is 1. The van der Waals surface area contributed by atoms with E-state index in [1.807, 2.05) is 44.2 Å². The number of alkyl halides is 1. The third kappa shape index (κ3) is 3.32. The Balaban J connectivity index is 2.29. The largest absolute Gasteiger partial charge is 0.294 e. The first-order chi connectivity index (χ1) is 9.11. The van der Waals surface area contributed by atoms with E-state index in [9.17, 15) is 4.79 Å². The summed E-state index contributed by atoms with van der Waals surface area (Å²) in [7, 11) is 0. The molecule has 0 aliphatic heterocycles. The second-order valence-electron chi connectivity index (χ2n) is 4.82. The first-order valence-electron chi connectivity index (χ1n) is 6.35. The van der Waals surface area contributed by atoms with E-state index in [-0.39, 0.29) is 5.78 Å². The number of carbonyl (C=O) groups is 1. The van der Waals surface area contributed by atoms with Gasteiger partial charge in [-0.15, -0.1) is 0 Å². The van der Waals surface area contributed by atoms with Gasteiger partial charge in [-0.25, -0.2) is 0 Å². The molecule has 0 unspecified atom stereocenters. The first kappa shape index (κ1) is 14.0. The summed E-state index contributed by atoms with van der Waals surface area (Å²) in [6, 6.07) is 14.1. The highest BCUT2D eigenvalue weighted by Gasteiger charge is 2.13. The average molecular weight is 317 g/mol. The molecular weight excluding hydrogens is 300 g/mol. The molecule has 19 heavy (non-hydrogen) atoms. The lowest BCUT2D eigenvalue weighted by atomic mass is 9.93. The molecule has 0 saturated heterocycles. The van der Waals surface area contributed by atoms with Gasteiger partial charge in [-0.05, 0) is 36.1 Å². The Labute approximate surface area is 122 Å². The van der Waals surface area contributed by atoms with Crippen LogP contribution in [-0.4, -0.2) is 5.78 Å². The van der Waals surface area contributed by atoms with Gasteiger partial charge >= 0.3 is 0 Å². The molecule has 0 saturated carbocycles. The van der Waals surface area contributed by atoms with Gasteiger partial charge in [0.15, 0.2) is 5.78 Å². The van der Waals surface area contributed by atoms with Gasteiger partial charge in [0, 0.05) is 17.3 Å². The molecule has 0 aliphatic carbocycles. The van der Waals surface area contributed by atoms with Crippen LogP contribution in [0.15, 0.2) is 42.5 Å². The number of carbonyl (C=O) groups excluding carboxylic acids is 1. The van der Waals surface area contributed by atoms with Crippen molar-refractivity contribution >= 4 is 21.7 Å². The first-order valence-corrected chi connectivity index (χ1v) is 7.47. The van der Waals surface area contributed by atoms with Gasteiger partial charge in [0.1, 0.15) is 0 Å². The van der Waals surface area contributed by atoms with Gasteiger partial charge in [-0.3, -0.25) is 4.79 Å². The maximum atomic E-state index is 12.4. The molecular formula is C17H17BrO. The molecule has 98 valence electrons. The van der Waals surface area contributed by atoms with E-state index in [0.29, 0.717) is 6.42 Å². The van der Waals surface area contributed by atoms with Crippen LogP contribution < -0.4 is 0 Å². The van der Waals surface area contributed by atoms with Crippen molar-refractivity contribution in [3.05, 3.63) is 70.3 Å². The highest BCUT2D eigenvalue weighted by Crippen LogP contribution is 2.20. The van der Waals surface area contributed by atoms with Gasteiger partial charge < -0.3 is 0 Å². The van der Waals surface area contributed by atoms with Crippen molar-refractivity contribution in [3.8, 4) is 0 Å². The Morgan fingerprint density at radius 2 is 1.58 bits per heavy atom. The summed E-state index contributed by atoms with van der Waals surface area (Å²) in [5, 5.41) is 0.821. The average Bonchev–Trinajstić information content (AvgIpc) is 2.38. The Hall–Kier alpha value is -1.41. The number of halogens is 1. The maximum Gasteiger partial charge on any atom is 0.167 e. The number of Topliss-reactive ketones (excluding diaryl/α,β-unsaturated/α-hetero) is 1. The zero-order chi connectivity index (χ0) is 13.8. The van der Waals surface area contributed by atoms with E-state index in [2.05, 4.69) is 28.1 Å². The van der Waals surface area contributed by atoms with E-state index < -0.39 is 0 Å². The number of rotatable bonds is 4. The topological polar surface area (TPSA) is 17.1 Å². The SMILES string of the molecule is Cc1cc(CBr)cc(C)c1C(=O)Cc1ccccc1. The highest BCUT2D eigenvalue weighted by atomic mass is 79.9. The number of hydrogen-bond donors (Lipinski definition) is 0. The molecule has 2 heteroatoms. The molecule has 1 nitrogen and oxygen atoms in total. The van der Waals surface area contributed by atoms with Gasteiger partial charge in [-0.2, -0.15) is 0 Å². The maximum absolute atomic E-state index is 12.4. The molecule has 0 radical (unpaired) electrons. The fourth-order valence-corrected chi connectivity index (χ4v) is 2.76. The smallest absolute Gasteiger partial charge is 0.167 e. The second-order valence-corrected chi connectivity index (χ2v) is 5.38. The molecule has 2 aromatic rings. The van der Waals surface area contributed by atoms with E-state index in [0.717, 1.165) is 27.6 Å². The van der Waals surface area contributed by atoms with Crippen molar-refractivity contribution in [1.82, 2.24) is 0 Å². The monoisotopic (exact) mass is 316 g/mol. The van der Waals surface area contributed by atoms with Crippen LogP contribution in [0.5, 0.6) is 0 Å². The van der Waals surface area contributed by atoms with Crippen molar-refractivity contribution in [1.29, 1.82) is 0 Å². The zero-order valence-corrected chi connectivity index (χ0v) is 12.8. The lowest BCUT2D eigenvalue weighted by Crippen LogP contribution is -2.08. The van der Waals surface area contributed by atoms with Crippen LogP contribution in [0.3, 0.4) is 0 Å². The lowest BCUT2D eigenvalue weighted by Gasteiger charge is -2.11. The number of aryl methyl sites for hydroxylation is 2. The van der Waals surface area contributed by atoms with Crippen LogP contribution in [-0.2, 0) is 11.8 Å². The van der Waals surface area contributed by atoms with Crippen molar-refractivity contribution < 1.29 is 4.79 Å². The molecule has 2 rings (SSSR count). The molecule has 0 amide bonds. The summed E-state index contributed by atoms with van der Waals surface area (Å²) in [4.78, 5) is 12.4. The minimum atomic E-state index is 0.197. The fraction of sp³-hybridized carbons (Fsp3) is 0.235. The summed E-state index contributed by atoms with van der Waals surface area (Å²) >= 11 is 3.46. The quantitative estimate of drug-likeness (QED) is 0.594. The molecule has 0 fully saturated rings. The van der Waals surface area contributed by atoms with Crippen LogP contribution in [0.2, 0.25) is 0 Å². The predicted molar refractivity (Wildman–Crippen MR) is 83.0 cm³/mol. The molecule has 0 aliphatic rings. The van der Waals surface area contributed by atoms with Crippen LogP contribution in [0.25, 0.3) is 0 Å². The molecule has 2 aromatic carbocycles. The van der Waals surface area contributed by atoms with E-state index in [1.54, 1.807) is 0 Å². The Morgan fingerprint density at radius 1 is 1.00 bits per heavy atom. The van der Waals surface area contributed by atoms with Crippen molar-refractivity contribution in [2.75, 3.05) is 0 Å². The molecule has 0 bridgehead atoms. The minimum absolute atomic E-state index is 0.197. The van der Waals surface area contributed by atoms with E-state index >= 15 is 0 Å². The molecule has 0 aromatic heterocycles. The third-order valence-corrected chi connectivity index (χ3v) is 3.88. The summed E-state index contributed by atoms with van der Waals surface area (Å²) in [6.07, 6.45) is 0.468. The molecule has 0 spiro atoms. The summed E-state index contributed by atoms with van der Waals surface area (Å²) < 4.78 is 0. The third-order valence-electron chi connectivity index (χ3n) is 3.23. The Kier molecular flexibility index (Phi) is 4.54. The van der Waals surface area contributed by atoms with Crippen molar-refractivity contribution in [2.24, 2.45) is 0 Å². The minimum Gasteiger partial charge on any atom is -0.294 e. The highest BCUT2D eigenvalue weighted by molar-refractivity contribution is 9.08. The predicted octanol–water partition coefficient (Wildman–Crippen LogP) is 4.62. The Morgan fingerprint density at radius 3 is 2.11 bits per heavy atom. The summed E-state index contributed by atoms with van der Waals surface area (Å²) in [5.41, 5.74) is 5.28. The van der Waals surface area contributed by atoms with Gasteiger partial charge in [0.25, 0.3) is 0 Å². The summed E-state index contributed by atoms with van der Waals surface area (Å²) in [6.45, 7) is 4.02. The zero-order valence-electron chi connectivity index (χ0n) is 11.2. The number of benzene rings is 2. The molecule has 0 N–H and O–H groups in total. The van der Waals surface area contributed by atoms with E-state index in [4.69, 9.17) is 0 Å². The van der Waals surface area contributed by atoms with Gasteiger partial charge in [0.05, 0.1) is 0 Å². The normalized spacial score (nSPS) is 10.5. The second kappa shape index (κ2) is 6.16. The standard InChI is InChI=1S/C17H17BrO/c1-12-8-15(11-18)9-13(2)17(12)16(19)10-14-6-4-3-5-7-14/h3-9H,10-11H2,1-2H3. The van der Waals surface area contributed by atoms with Gasteiger partial charge in [-0.1, -0.05) is 58.4 Å². The molecule has 0 atom stereocenters. The van der Waals surface area contributed by atoms with Crippen LogP contribution >= 0.6 is 15.9 Å². The molecule has 0 heterocycles. The number of hydrogen-bond acceptors (Lipinski definition) is 1. The van der Waals surface area contributed by atoms with Crippen LogP contribution in [0.4, 0.5) is 0 Å². The van der Waals surface area contributed by atoms with Crippen molar-refractivity contribution in [3.63, 3.8) is 0 Å². The lowest BCUT2D eigenvalue weighted by molar-refractivity contribution is 0.0992. The van der Waals surface area contributed by atoms with E-state index in [1.165, 1.54) is 5.56 Å². The fourth-order valence-electron chi connectivity index (χ4n) is 2.44. The van der Waals surface area contributed by atoms with Crippen LogP contribution in [0, 0.1) is 13.8 Å². The Bertz CT molecular complexity index is 564. The van der Waals surface area contributed by atoms with Crippen molar-refractivity contribution in [2.45, 2.75) is 25.6 Å². The summed E-state index contributed by atoms with van der Waals surface area (Å²) in [5.74, 6) is 0.197. The van der Waals surface area contributed by atoms with Crippen LogP contribution in [0.1, 0.15) is 32.6 Å².